The van der Waals surface area contributed by atoms with Crippen LogP contribution >= 0.6 is 0 Å². The van der Waals surface area contributed by atoms with Gasteiger partial charge in [-0.05, 0) is 60.5 Å². The van der Waals surface area contributed by atoms with Crippen molar-refractivity contribution >= 4 is 22.7 Å². The molecule has 0 spiro atoms. The number of furan rings is 1. The van der Waals surface area contributed by atoms with Gasteiger partial charge in [0, 0.05) is 11.3 Å². The van der Waals surface area contributed by atoms with E-state index >= 15 is 0 Å². The highest BCUT2D eigenvalue weighted by Crippen LogP contribution is 2.37. The zero-order chi connectivity index (χ0) is 21.7. The molecule has 0 aliphatic heterocycles. The summed E-state index contributed by atoms with van der Waals surface area (Å²) in [5.41, 5.74) is 3.20. The first-order valence-corrected chi connectivity index (χ1v) is 10.2. The highest BCUT2D eigenvalue weighted by Gasteiger charge is 2.28. The molecule has 1 fully saturated rings. The molecule has 0 atom stereocenters. The number of amides is 1. The van der Waals surface area contributed by atoms with Crippen molar-refractivity contribution < 1.29 is 13.7 Å². The largest absolute Gasteiger partial charge is 0.463 e. The number of hydrogen-bond acceptors (Lipinski definition) is 8. The van der Waals surface area contributed by atoms with Crippen LogP contribution in [0.15, 0.2) is 57.7 Å². The summed E-state index contributed by atoms with van der Waals surface area (Å²) in [5, 5.41) is 19.6. The van der Waals surface area contributed by atoms with Crippen molar-refractivity contribution in [2.75, 3.05) is 5.32 Å². The Morgan fingerprint density at radius 3 is 2.91 bits per heavy atom. The number of fused-ring (bicyclic) bond motifs is 1. The molecule has 4 aromatic heterocycles. The van der Waals surface area contributed by atoms with E-state index in [2.05, 4.69) is 31.0 Å². The summed E-state index contributed by atoms with van der Waals surface area (Å²) in [5.74, 6) is 0.907. The summed E-state index contributed by atoms with van der Waals surface area (Å²) >= 11 is 0. The Hall–Kier alpha value is -4.34. The number of rotatable bonds is 5. The van der Waals surface area contributed by atoms with Crippen molar-refractivity contribution in [2.24, 2.45) is 0 Å². The number of aromatic nitrogens is 6. The minimum Gasteiger partial charge on any atom is -0.463 e. The Morgan fingerprint density at radius 2 is 2.09 bits per heavy atom. The number of nitrogens with zero attached hydrogens (tertiary/aromatic N) is 6. The maximum Gasteiger partial charge on any atom is 0.259 e. The molecule has 1 aromatic carbocycles. The first-order valence-electron chi connectivity index (χ1n) is 10.2. The molecule has 0 radical (unpaired) electrons. The molecule has 1 aliphatic carbocycles. The van der Waals surface area contributed by atoms with Crippen molar-refractivity contribution in [1.29, 1.82) is 0 Å². The molecule has 0 unspecified atom stereocenters. The highest BCUT2D eigenvalue weighted by molar-refractivity contribution is 6.13. The van der Waals surface area contributed by atoms with Gasteiger partial charge in [0.15, 0.2) is 11.6 Å². The number of nitrogens with one attached hydrogen (secondary N) is 1. The normalized spacial score (nSPS) is 13.5. The fraction of sp³-hybridized carbons (Fsp3) is 0.182. The lowest BCUT2D eigenvalue weighted by Gasteiger charge is -2.09. The summed E-state index contributed by atoms with van der Waals surface area (Å²) in [6, 6.07) is 13.0. The average Bonchev–Trinajstić information content (AvgIpc) is 3.20. The molecule has 0 bridgehead atoms. The maximum absolute atomic E-state index is 13.3. The van der Waals surface area contributed by atoms with E-state index in [9.17, 15) is 4.79 Å². The topological polar surface area (TPSA) is 125 Å². The predicted molar refractivity (Wildman–Crippen MR) is 114 cm³/mol. The molecule has 1 aliphatic rings. The molecule has 10 nitrogen and oxygen atoms in total. The first-order chi connectivity index (χ1) is 15.7. The second kappa shape index (κ2) is 7.12. The highest BCUT2D eigenvalue weighted by atomic mass is 16.5. The van der Waals surface area contributed by atoms with E-state index in [1.54, 1.807) is 31.4 Å². The van der Waals surface area contributed by atoms with E-state index in [-0.39, 0.29) is 11.6 Å². The van der Waals surface area contributed by atoms with Gasteiger partial charge in [-0.15, -0.1) is 5.10 Å². The zero-order valence-corrected chi connectivity index (χ0v) is 17.0. The van der Waals surface area contributed by atoms with E-state index in [1.165, 1.54) is 0 Å². The predicted octanol–water partition coefficient (Wildman–Crippen LogP) is 4.03. The number of tetrazole rings is 1. The molecule has 1 N–H and O–H groups in total. The number of hydrogen-bond donors (Lipinski definition) is 1. The van der Waals surface area contributed by atoms with Crippen molar-refractivity contribution in [2.45, 2.75) is 25.8 Å². The van der Waals surface area contributed by atoms with Crippen LogP contribution in [0.1, 0.15) is 34.9 Å². The van der Waals surface area contributed by atoms with Crippen LogP contribution < -0.4 is 5.32 Å². The first kappa shape index (κ1) is 18.4. The van der Waals surface area contributed by atoms with E-state index in [4.69, 9.17) is 8.94 Å². The molecule has 32 heavy (non-hydrogen) atoms. The molecule has 5 aromatic rings. The van der Waals surface area contributed by atoms with Crippen LogP contribution in [0, 0.1) is 6.92 Å². The van der Waals surface area contributed by atoms with Crippen LogP contribution in [0.2, 0.25) is 0 Å². The van der Waals surface area contributed by atoms with Gasteiger partial charge in [-0.1, -0.05) is 17.3 Å². The van der Waals surface area contributed by atoms with Gasteiger partial charge >= 0.3 is 0 Å². The van der Waals surface area contributed by atoms with E-state index in [0.717, 1.165) is 18.4 Å². The van der Waals surface area contributed by atoms with Crippen LogP contribution in [-0.4, -0.2) is 36.3 Å². The van der Waals surface area contributed by atoms with Gasteiger partial charge in [0.1, 0.15) is 5.69 Å². The Morgan fingerprint density at radius 1 is 1.19 bits per heavy atom. The van der Waals surface area contributed by atoms with Crippen LogP contribution in [0.25, 0.3) is 33.9 Å². The van der Waals surface area contributed by atoms with Gasteiger partial charge in [-0.2, -0.15) is 0 Å². The summed E-state index contributed by atoms with van der Waals surface area (Å²) < 4.78 is 12.6. The molecule has 4 heterocycles. The fourth-order valence-corrected chi connectivity index (χ4v) is 3.71. The standard InChI is InChI=1S/C22H17N7O3/c1-12-19-16(11-17(18-6-3-9-31-18)24-22(19)32-26-12)21(30)23-14-5-2-4-13(10-14)20-25-27-28-29(20)15-7-8-15/h2-6,9-11,15H,7-8H2,1H3,(H,23,30). The summed E-state index contributed by atoms with van der Waals surface area (Å²) in [4.78, 5) is 17.7. The monoisotopic (exact) mass is 427 g/mol. The quantitative estimate of drug-likeness (QED) is 0.446. The van der Waals surface area contributed by atoms with Gasteiger partial charge in [0.05, 0.1) is 28.9 Å². The Kier molecular flexibility index (Phi) is 4.10. The maximum atomic E-state index is 13.3. The third kappa shape index (κ3) is 3.13. The van der Waals surface area contributed by atoms with Crippen LogP contribution in [0.4, 0.5) is 5.69 Å². The minimum atomic E-state index is -0.310. The lowest BCUT2D eigenvalue weighted by Crippen LogP contribution is -2.13. The zero-order valence-electron chi connectivity index (χ0n) is 17.0. The lowest BCUT2D eigenvalue weighted by molar-refractivity contribution is 0.102. The summed E-state index contributed by atoms with van der Waals surface area (Å²) in [6.07, 6.45) is 3.69. The van der Waals surface area contributed by atoms with E-state index in [1.807, 2.05) is 28.9 Å². The number of anilines is 1. The Balaban J connectivity index is 1.36. The fourth-order valence-electron chi connectivity index (χ4n) is 3.71. The van der Waals surface area contributed by atoms with Gasteiger partial charge in [0.2, 0.25) is 0 Å². The van der Waals surface area contributed by atoms with Crippen molar-refractivity contribution in [3.05, 3.63) is 60.0 Å². The van der Waals surface area contributed by atoms with Crippen molar-refractivity contribution in [3.8, 4) is 22.8 Å². The second-order valence-electron chi connectivity index (χ2n) is 7.69. The molecule has 6 rings (SSSR count). The third-order valence-corrected chi connectivity index (χ3v) is 5.40. The van der Waals surface area contributed by atoms with Gasteiger partial charge in [0.25, 0.3) is 11.6 Å². The van der Waals surface area contributed by atoms with E-state index < -0.39 is 0 Å². The molecule has 158 valence electrons. The molecule has 1 amide bonds. The number of carbonyl (C=O) groups excluding carboxylic acids is 1. The third-order valence-electron chi connectivity index (χ3n) is 5.40. The lowest BCUT2D eigenvalue weighted by atomic mass is 10.1. The number of benzene rings is 1. The number of pyridine rings is 1. The molecule has 10 heteroatoms. The number of aryl methyl sites for hydroxylation is 1. The van der Waals surface area contributed by atoms with Crippen LogP contribution in [0.3, 0.4) is 0 Å². The second-order valence-corrected chi connectivity index (χ2v) is 7.69. The Bertz CT molecular complexity index is 1450. The molecule has 0 saturated heterocycles. The summed E-state index contributed by atoms with van der Waals surface area (Å²) in [7, 11) is 0. The minimum absolute atomic E-state index is 0.277. The van der Waals surface area contributed by atoms with Gasteiger partial charge in [-0.25, -0.2) is 9.67 Å². The van der Waals surface area contributed by atoms with Crippen molar-refractivity contribution in [1.82, 2.24) is 30.3 Å². The van der Waals surface area contributed by atoms with Crippen molar-refractivity contribution in [3.63, 3.8) is 0 Å². The Labute approximate surface area is 181 Å². The molecule has 1 saturated carbocycles. The molecular formula is C22H17N7O3. The van der Waals surface area contributed by atoms with Gasteiger partial charge < -0.3 is 14.3 Å². The van der Waals surface area contributed by atoms with Crippen LogP contribution in [-0.2, 0) is 0 Å². The van der Waals surface area contributed by atoms with Crippen LogP contribution in [0.5, 0.6) is 0 Å². The summed E-state index contributed by atoms with van der Waals surface area (Å²) in [6.45, 7) is 1.77. The molecular weight excluding hydrogens is 410 g/mol. The number of carbonyl (C=O) groups is 1. The van der Waals surface area contributed by atoms with E-state index in [0.29, 0.717) is 45.7 Å². The van der Waals surface area contributed by atoms with Gasteiger partial charge in [-0.3, -0.25) is 4.79 Å². The average molecular weight is 427 g/mol. The SMILES string of the molecule is Cc1noc2nc(-c3ccco3)cc(C(=O)Nc3cccc(-c4nnnn4C4CC4)c3)c12. The smallest absolute Gasteiger partial charge is 0.259 e.